The summed E-state index contributed by atoms with van der Waals surface area (Å²) in [6, 6.07) is 1.44. The van der Waals surface area contributed by atoms with Crippen molar-refractivity contribution in [1.29, 1.82) is 0 Å². The van der Waals surface area contributed by atoms with Gasteiger partial charge in [0.1, 0.15) is 0 Å². The quantitative estimate of drug-likeness (QED) is 0.841. The third-order valence-corrected chi connectivity index (χ3v) is 5.52. The first kappa shape index (κ1) is 16.3. The molecule has 2 N–H and O–H groups in total. The third kappa shape index (κ3) is 4.19. The number of nitrogens with zero attached hydrogens (tertiary/aromatic N) is 2. The van der Waals surface area contributed by atoms with Crippen molar-refractivity contribution in [3.63, 3.8) is 0 Å². The fraction of sp³-hybridized carbons (Fsp3) is 1.00. The summed E-state index contributed by atoms with van der Waals surface area (Å²) in [5.41, 5.74) is 6.08. The van der Waals surface area contributed by atoms with Crippen LogP contribution in [0.2, 0.25) is 0 Å². The Morgan fingerprint density at radius 2 is 1.90 bits per heavy atom. The molecule has 3 atom stereocenters. The molecule has 0 saturated carbocycles. The minimum absolute atomic E-state index is 0.649. The second kappa shape index (κ2) is 8.35. The molecule has 0 spiro atoms. The highest BCUT2D eigenvalue weighted by atomic mass is 15.2. The Kier molecular flexibility index (Phi) is 6.79. The predicted octanol–water partition coefficient (Wildman–Crippen LogP) is 2.70. The predicted molar refractivity (Wildman–Crippen MR) is 86.9 cm³/mol. The van der Waals surface area contributed by atoms with E-state index in [-0.39, 0.29) is 0 Å². The highest BCUT2D eigenvalue weighted by molar-refractivity contribution is 4.88. The van der Waals surface area contributed by atoms with Crippen LogP contribution < -0.4 is 5.73 Å². The standard InChI is InChI=1S/C17H35N3/c1-3-9-19-10-5-6-16(8-11-19)20-12-7-15(4-2)13-17(20)14-18/h15-17H,3-14,18H2,1-2H3. The van der Waals surface area contributed by atoms with Crippen LogP contribution in [0.15, 0.2) is 0 Å². The maximum atomic E-state index is 6.08. The van der Waals surface area contributed by atoms with Gasteiger partial charge in [-0.3, -0.25) is 4.90 Å². The number of nitrogens with two attached hydrogens (primary N) is 1. The largest absolute Gasteiger partial charge is 0.329 e. The minimum Gasteiger partial charge on any atom is -0.329 e. The number of hydrogen-bond acceptors (Lipinski definition) is 3. The first-order chi connectivity index (χ1) is 9.78. The second-order valence-corrected chi connectivity index (χ2v) is 6.85. The van der Waals surface area contributed by atoms with Crippen LogP contribution in [0.3, 0.4) is 0 Å². The lowest BCUT2D eigenvalue weighted by Crippen LogP contribution is -2.51. The van der Waals surface area contributed by atoms with Crippen LogP contribution in [0, 0.1) is 5.92 Å². The molecule has 3 nitrogen and oxygen atoms in total. The molecule has 0 aromatic rings. The molecule has 2 fully saturated rings. The van der Waals surface area contributed by atoms with Crippen molar-refractivity contribution >= 4 is 0 Å². The highest BCUT2D eigenvalue weighted by Gasteiger charge is 2.32. The van der Waals surface area contributed by atoms with Crippen molar-refractivity contribution in [2.24, 2.45) is 11.7 Å². The third-order valence-electron chi connectivity index (χ3n) is 5.52. The van der Waals surface area contributed by atoms with Crippen LogP contribution in [-0.2, 0) is 0 Å². The smallest absolute Gasteiger partial charge is 0.0223 e. The van der Waals surface area contributed by atoms with Crippen molar-refractivity contribution in [3.05, 3.63) is 0 Å². The molecule has 3 heteroatoms. The SMILES string of the molecule is CCCN1CCCC(N2CCC(CC)CC2CN)CC1. The van der Waals surface area contributed by atoms with Gasteiger partial charge in [-0.15, -0.1) is 0 Å². The Balaban J connectivity index is 1.89. The maximum Gasteiger partial charge on any atom is 0.0223 e. The summed E-state index contributed by atoms with van der Waals surface area (Å²) in [6.45, 7) is 10.7. The van der Waals surface area contributed by atoms with Gasteiger partial charge in [0.25, 0.3) is 0 Å². The summed E-state index contributed by atoms with van der Waals surface area (Å²) in [5, 5.41) is 0. The molecule has 118 valence electrons. The normalized spacial score (nSPS) is 34.0. The zero-order valence-corrected chi connectivity index (χ0v) is 13.7. The summed E-state index contributed by atoms with van der Waals surface area (Å²) >= 11 is 0. The van der Waals surface area contributed by atoms with Gasteiger partial charge in [-0.05, 0) is 70.6 Å². The Morgan fingerprint density at radius 3 is 2.60 bits per heavy atom. The van der Waals surface area contributed by atoms with E-state index in [9.17, 15) is 0 Å². The van der Waals surface area contributed by atoms with Gasteiger partial charge in [0, 0.05) is 18.6 Å². The summed E-state index contributed by atoms with van der Waals surface area (Å²) in [4.78, 5) is 5.44. The van der Waals surface area contributed by atoms with Crippen molar-refractivity contribution in [2.75, 3.05) is 32.7 Å². The second-order valence-electron chi connectivity index (χ2n) is 6.85. The molecule has 20 heavy (non-hydrogen) atoms. The number of likely N-dealkylation sites (tertiary alicyclic amines) is 2. The van der Waals surface area contributed by atoms with E-state index in [1.54, 1.807) is 0 Å². The van der Waals surface area contributed by atoms with E-state index in [0.717, 1.165) is 18.5 Å². The molecule has 0 aromatic heterocycles. The summed E-state index contributed by atoms with van der Waals surface area (Å²) in [5.74, 6) is 0.919. The van der Waals surface area contributed by atoms with Crippen molar-refractivity contribution in [3.8, 4) is 0 Å². The summed E-state index contributed by atoms with van der Waals surface area (Å²) in [6.07, 6.45) is 9.46. The molecule has 2 saturated heterocycles. The van der Waals surface area contributed by atoms with Crippen LogP contribution in [0.25, 0.3) is 0 Å². The molecule has 0 aromatic carbocycles. The molecule has 0 bridgehead atoms. The van der Waals surface area contributed by atoms with E-state index >= 15 is 0 Å². The van der Waals surface area contributed by atoms with Crippen LogP contribution in [0.5, 0.6) is 0 Å². The van der Waals surface area contributed by atoms with E-state index in [4.69, 9.17) is 5.73 Å². The lowest BCUT2D eigenvalue weighted by atomic mass is 9.87. The van der Waals surface area contributed by atoms with E-state index in [2.05, 4.69) is 23.6 Å². The molecule has 2 rings (SSSR count). The monoisotopic (exact) mass is 281 g/mol. The van der Waals surface area contributed by atoms with Gasteiger partial charge < -0.3 is 10.6 Å². The maximum absolute atomic E-state index is 6.08. The summed E-state index contributed by atoms with van der Waals surface area (Å²) in [7, 11) is 0. The molecule has 0 amide bonds. The molecular weight excluding hydrogens is 246 g/mol. The van der Waals surface area contributed by atoms with Crippen molar-refractivity contribution in [1.82, 2.24) is 9.80 Å². The van der Waals surface area contributed by atoms with Gasteiger partial charge in [0.05, 0.1) is 0 Å². The number of piperidine rings is 1. The lowest BCUT2D eigenvalue weighted by molar-refractivity contribution is 0.0631. The number of hydrogen-bond donors (Lipinski definition) is 1. The van der Waals surface area contributed by atoms with Crippen LogP contribution in [0.4, 0.5) is 0 Å². The Bertz CT molecular complexity index is 269. The van der Waals surface area contributed by atoms with Crippen LogP contribution in [-0.4, -0.2) is 54.6 Å². The Hall–Kier alpha value is -0.120. The summed E-state index contributed by atoms with van der Waals surface area (Å²) < 4.78 is 0. The van der Waals surface area contributed by atoms with E-state index in [1.807, 2.05) is 0 Å². The first-order valence-corrected chi connectivity index (χ1v) is 8.96. The van der Waals surface area contributed by atoms with Gasteiger partial charge in [-0.1, -0.05) is 20.3 Å². The Morgan fingerprint density at radius 1 is 1.05 bits per heavy atom. The van der Waals surface area contributed by atoms with E-state index in [0.29, 0.717) is 6.04 Å². The molecule has 0 radical (unpaired) electrons. The highest BCUT2D eigenvalue weighted by Crippen LogP contribution is 2.29. The molecule has 2 aliphatic heterocycles. The molecule has 2 aliphatic rings. The average molecular weight is 281 g/mol. The first-order valence-electron chi connectivity index (χ1n) is 8.96. The van der Waals surface area contributed by atoms with Gasteiger partial charge in [-0.25, -0.2) is 0 Å². The van der Waals surface area contributed by atoms with Crippen molar-refractivity contribution in [2.45, 2.75) is 70.9 Å². The topological polar surface area (TPSA) is 32.5 Å². The van der Waals surface area contributed by atoms with E-state index < -0.39 is 0 Å². The fourth-order valence-electron chi connectivity index (χ4n) is 4.25. The van der Waals surface area contributed by atoms with Crippen molar-refractivity contribution < 1.29 is 0 Å². The van der Waals surface area contributed by atoms with Gasteiger partial charge in [0.2, 0.25) is 0 Å². The van der Waals surface area contributed by atoms with Gasteiger partial charge >= 0.3 is 0 Å². The lowest BCUT2D eigenvalue weighted by Gasteiger charge is -2.43. The van der Waals surface area contributed by atoms with Crippen LogP contribution in [0.1, 0.15) is 58.8 Å². The minimum atomic E-state index is 0.649. The Labute approximate surface area is 125 Å². The molecular formula is C17H35N3. The van der Waals surface area contributed by atoms with Gasteiger partial charge in [0.15, 0.2) is 0 Å². The van der Waals surface area contributed by atoms with E-state index in [1.165, 1.54) is 71.1 Å². The van der Waals surface area contributed by atoms with Gasteiger partial charge in [-0.2, -0.15) is 0 Å². The zero-order valence-electron chi connectivity index (χ0n) is 13.7. The average Bonchev–Trinajstić information content (AvgIpc) is 2.72. The van der Waals surface area contributed by atoms with Crippen LogP contribution >= 0.6 is 0 Å². The zero-order chi connectivity index (χ0) is 14.4. The molecule has 2 heterocycles. The molecule has 0 aliphatic carbocycles. The molecule has 3 unspecified atom stereocenters. The fourth-order valence-corrected chi connectivity index (χ4v) is 4.25. The number of rotatable bonds is 5.